The zero-order valence-corrected chi connectivity index (χ0v) is 13.8. The van der Waals surface area contributed by atoms with Gasteiger partial charge >= 0.3 is 12.1 Å². The highest BCUT2D eigenvalue weighted by Gasteiger charge is 2.39. The van der Waals surface area contributed by atoms with Gasteiger partial charge in [-0.05, 0) is 27.7 Å². The summed E-state index contributed by atoms with van der Waals surface area (Å²) in [5.41, 5.74) is -0.376. The second-order valence-corrected chi connectivity index (χ2v) is 6.40. The number of hydrogen-bond donors (Lipinski definition) is 0. The summed E-state index contributed by atoms with van der Waals surface area (Å²) >= 11 is 0. The minimum atomic E-state index is -1.28. The lowest BCUT2D eigenvalue weighted by Gasteiger charge is -2.24. The van der Waals surface area contributed by atoms with Gasteiger partial charge in [0, 0.05) is 12.7 Å². The van der Waals surface area contributed by atoms with E-state index in [1.54, 1.807) is 27.7 Å². The van der Waals surface area contributed by atoms with Crippen LogP contribution in [-0.4, -0.2) is 58.2 Å². The summed E-state index contributed by atoms with van der Waals surface area (Å²) in [6.45, 7) is 7.30. The predicted molar refractivity (Wildman–Crippen MR) is 79.9 cm³/mol. The van der Waals surface area contributed by atoms with Gasteiger partial charge in [0.2, 0.25) is 0 Å². The molecule has 0 radical (unpaired) electrons. The van der Waals surface area contributed by atoms with Crippen LogP contribution in [0.2, 0.25) is 0 Å². The summed E-state index contributed by atoms with van der Waals surface area (Å²) in [5, 5.41) is 4.02. The van der Waals surface area contributed by atoms with Crippen molar-refractivity contribution in [3.05, 3.63) is 18.0 Å². The third-order valence-corrected chi connectivity index (χ3v) is 3.32. The van der Waals surface area contributed by atoms with E-state index in [1.807, 2.05) is 0 Å². The number of hydrogen-bond acceptors (Lipinski definition) is 5. The molecule has 0 aromatic carbocycles. The lowest BCUT2D eigenvalue weighted by atomic mass is 10.2. The third kappa shape index (κ3) is 4.20. The Bertz CT molecular complexity index is 582. The summed E-state index contributed by atoms with van der Waals surface area (Å²) < 4.78 is 25.7. The second-order valence-electron chi connectivity index (χ2n) is 6.40. The first kappa shape index (κ1) is 17.2. The van der Waals surface area contributed by atoms with Gasteiger partial charge in [0.15, 0.2) is 0 Å². The number of aromatic nitrogens is 2. The average Bonchev–Trinajstić information content (AvgIpc) is 3.03. The van der Waals surface area contributed by atoms with E-state index < -0.39 is 29.9 Å². The van der Waals surface area contributed by atoms with Crippen LogP contribution >= 0.6 is 0 Å². The summed E-state index contributed by atoms with van der Waals surface area (Å²) in [6, 6.07) is -0.648. The quantitative estimate of drug-likeness (QED) is 0.796. The van der Waals surface area contributed by atoms with Crippen molar-refractivity contribution in [1.82, 2.24) is 14.7 Å². The molecular weight excluding hydrogens is 305 g/mol. The highest BCUT2D eigenvalue weighted by Crippen LogP contribution is 2.26. The number of carbonyl (C=O) groups is 2. The van der Waals surface area contributed by atoms with Gasteiger partial charge < -0.3 is 14.4 Å². The Labute approximate surface area is 134 Å². The number of esters is 1. The number of alkyl halides is 1. The van der Waals surface area contributed by atoms with Crippen LogP contribution in [-0.2, 0) is 9.47 Å². The SMILES string of the molecule is CCOC(=O)c1cnn([C@@H]2CN(C(=O)OC(C)(C)C)C[C@H]2F)c1. The van der Waals surface area contributed by atoms with Crippen molar-refractivity contribution in [2.75, 3.05) is 19.7 Å². The number of likely N-dealkylation sites (tertiary alicyclic amines) is 1. The topological polar surface area (TPSA) is 73.7 Å². The summed E-state index contributed by atoms with van der Waals surface area (Å²) in [4.78, 5) is 25.0. The third-order valence-electron chi connectivity index (χ3n) is 3.32. The molecule has 8 heteroatoms. The van der Waals surface area contributed by atoms with Crippen molar-refractivity contribution in [2.24, 2.45) is 0 Å². The van der Waals surface area contributed by atoms with Crippen molar-refractivity contribution in [3.63, 3.8) is 0 Å². The van der Waals surface area contributed by atoms with E-state index in [-0.39, 0.29) is 25.3 Å². The van der Waals surface area contributed by atoms with Gasteiger partial charge in [-0.1, -0.05) is 0 Å². The molecule has 0 N–H and O–H groups in total. The molecule has 2 atom stereocenters. The van der Waals surface area contributed by atoms with Crippen molar-refractivity contribution in [1.29, 1.82) is 0 Å². The van der Waals surface area contributed by atoms with Gasteiger partial charge in [-0.25, -0.2) is 14.0 Å². The van der Waals surface area contributed by atoms with E-state index >= 15 is 0 Å². The summed E-state index contributed by atoms with van der Waals surface area (Å²) in [6.07, 6.45) is 0.937. The van der Waals surface area contributed by atoms with Crippen molar-refractivity contribution in [3.8, 4) is 0 Å². The zero-order chi connectivity index (χ0) is 17.2. The molecular formula is C15H22FN3O4. The standard InChI is InChI=1S/C15H22FN3O4/c1-5-22-13(20)10-6-17-19(7-10)12-9-18(8-11(12)16)14(21)23-15(2,3)4/h6-7,11-12H,5,8-9H2,1-4H3/t11-,12-/m1/s1. The highest BCUT2D eigenvalue weighted by molar-refractivity contribution is 5.88. The van der Waals surface area contributed by atoms with Gasteiger partial charge in [0.1, 0.15) is 17.8 Å². The molecule has 0 bridgehead atoms. The predicted octanol–water partition coefficient (Wildman–Crippen LogP) is 2.19. The Kier molecular flexibility index (Phi) is 4.91. The van der Waals surface area contributed by atoms with E-state index in [9.17, 15) is 14.0 Å². The number of amides is 1. The Morgan fingerprint density at radius 2 is 2.09 bits per heavy atom. The van der Waals surface area contributed by atoms with E-state index in [0.717, 1.165) is 0 Å². The summed E-state index contributed by atoms with van der Waals surface area (Å²) in [7, 11) is 0. The fourth-order valence-electron chi connectivity index (χ4n) is 2.31. The number of nitrogens with zero attached hydrogens (tertiary/aromatic N) is 3. The zero-order valence-electron chi connectivity index (χ0n) is 13.8. The molecule has 0 aliphatic carbocycles. The Hall–Kier alpha value is -2.12. The molecule has 0 saturated carbocycles. The maximum atomic E-state index is 14.2. The van der Waals surface area contributed by atoms with Crippen molar-refractivity contribution >= 4 is 12.1 Å². The average molecular weight is 327 g/mol. The lowest BCUT2D eigenvalue weighted by molar-refractivity contribution is 0.0280. The van der Waals surface area contributed by atoms with E-state index in [1.165, 1.54) is 22.0 Å². The molecule has 7 nitrogen and oxygen atoms in total. The first-order valence-corrected chi connectivity index (χ1v) is 7.54. The highest BCUT2D eigenvalue weighted by atomic mass is 19.1. The fourth-order valence-corrected chi connectivity index (χ4v) is 2.31. The molecule has 0 spiro atoms. The van der Waals surface area contributed by atoms with Crippen LogP contribution in [0.1, 0.15) is 44.1 Å². The van der Waals surface area contributed by atoms with Crippen LogP contribution in [0, 0.1) is 0 Å². The van der Waals surface area contributed by atoms with Crippen LogP contribution in [0.25, 0.3) is 0 Å². The molecule has 2 heterocycles. The van der Waals surface area contributed by atoms with E-state index in [4.69, 9.17) is 9.47 Å². The Morgan fingerprint density at radius 3 is 2.70 bits per heavy atom. The fraction of sp³-hybridized carbons (Fsp3) is 0.667. The molecule has 1 aliphatic rings. The smallest absolute Gasteiger partial charge is 0.410 e. The molecule has 0 unspecified atom stereocenters. The molecule has 1 aromatic heterocycles. The Balaban J connectivity index is 2.04. The first-order chi connectivity index (χ1) is 10.7. The van der Waals surface area contributed by atoms with Crippen molar-refractivity contribution in [2.45, 2.75) is 45.5 Å². The summed E-state index contributed by atoms with van der Waals surface area (Å²) in [5.74, 6) is -0.504. The van der Waals surface area contributed by atoms with Crippen LogP contribution in [0.5, 0.6) is 0 Å². The molecule has 1 amide bonds. The van der Waals surface area contributed by atoms with Gasteiger partial charge in [-0.15, -0.1) is 0 Å². The number of halogens is 1. The minimum absolute atomic E-state index is 0.0613. The van der Waals surface area contributed by atoms with Crippen LogP contribution in [0.3, 0.4) is 0 Å². The van der Waals surface area contributed by atoms with Crippen molar-refractivity contribution < 1.29 is 23.5 Å². The van der Waals surface area contributed by atoms with E-state index in [2.05, 4.69) is 5.10 Å². The maximum absolute atomic E-state index is 14.2. The molecule has 1 aliphatic heterocycles. The van der Waals surface area contributed by atoms with E-state index in [0.29, 0.717) is 0 Å². The van der Waals surface area contributed by atoms with Gasteiger partial charge in [-0.3, -0.25) is 4.68 Å². The second kappa shape index (κ2) is 6.55. The number of carbonyl (C=O) groups excluding carboxylic acids is 2. The molecule has 128 valence electrons. The van der Waals surface area contributed by atoms with Gasteiger partial charge in [-0.2, -0.15) is 5.10 Å². The maximum Gasteiger partial charge on any atom is 0.410 e. The van der Waals surface area contributed by atoms with Gasteiger partial charge in [0.25, 0.3) is 0 Å². The molecule has 1 fully saturated rings. The van der Waals surface area contributed by atoms with Crippen LogP contribution in [0.4, 0.5) is 9.18 Å². The first-order valence-electron chi connectivity index (χ1n) is 7.54. The minimum Gasteiger partial charge on any atom is -0.462 e. The molecule has 1 aromatic rings. The lowest BCUT2D eigenvalue weighted by Crippen LogP contribution is -2.35. The Morgan fingerprint density at radius 1 is 1.39 bits per heavy atom. The number of rotatable bonds is 3. The molecule has 23 heavy (non-hydrogen) atoms. The van der Waals surface area contributed by atoms with Crippen LogP contribution < -0.4 is 0 Å². The molecule has 2 rings (SSSR count). The normalized spacial score (nSPS) is 21.3. The monoisotopic (exact) mass is 327 g/mol. The van der Waals surface area contributed by atoms with Crippen LogP contribution in [0.15, 0.2) is 12.4 Å². The molecule has 1 saturated heterocycles. The number of ether oxygens (including phenoxy) is 2. The largest absolute Gasteiger partial charge is 0.462 e. The van der Waals surface area contributed by atoms with Gasteiger partial charge in [0.05, 0.1) is 24.9 Å².